The van der Waals surface area contributed by atoms with Crippen LogP contribution in [0.15, 0.2) is 48.1 Å². The Morgan fingerprint density at radius 2 is 1.91 bits per heavy atom. The van der Waals surface area contributed by atoms with E-state index in [0.717, 1.165) is 47.6 Å². The van der Waals surface area contributed by atoms with Crippen molar-refractivity contribution in [2.45, 2.75) is 24.8 Å². The summed E-state index contributed by atoms with van der Waals surface area (Å²) in [6.45, 7) is 4.69. The van der Waals surface area contributed by atoms with E-state index in [4.69, 9.17) is 21.6 Å². The first kappa shape index (κ1) is 26.0. The number of anilines is 1. The number of nitrogens with one attached hydrogen (secondary N) is 1. The van der Waals surface area contributed by atoms with E-state index < -0.39 is 10.0 Å². The minimum absolute atomic E-state index is 0.0315. The van der Waals surface area contributed by atoms with Gasteiger partial charge >= 0.3 is 0 Å². The third-order valence-corrected chi connectivity index (χ3v) is 8.46. The number of alkyl halides is 1. The zero-order valence-corrected chi connectivity index (χ0v) is 22.1. The van der Waals surface area contributed by atoms with Gasteiger partial charge in [0.05, 0.1) is 23.2 Å². The van der Waals surface area contributed by atoms with Crippen LogP contribution in [0.25, 0.3) is 10.9 Å². The molecule has 1 saturated heterocycles. The van der Waals surface area contributed by atoms with Gasteiger partial charge in [0.25, 0.3) is 0 Å². The van der Waals surface area contributed by atoms with Crippen LogP contribution in [-0.4, -0.2) is 97.0 Å². The van der Waals surface area contributed by atoms with Crippen molar-refractivity contribution in [2.75, 3.05) is 64.4 Å². The Labute approximate surface area is 213 Å². The van der Waals surface area contributed by atoms with E-state index in [1.165, 1.54) is 0 Å². The van der Waals surface area contributed by atoms with E-state index in [9.17, 15) is 8.42 Å². The van der Waals surface area contributed by atoms with Gasteiger partial charge in [-0.2, -0.15) is 4.31 Å². The molecule has 1 N–H and O–H groups in total. The van der Waals surface area contributed by atoms with Crippen molar-refractivity contribution >= 4 is 38.3 Å². The Balaban J connectivity index is 1.36. The normalized spacial score (nSPS) is 19.9. The third kappa shape index (κ3) is 7.24. The lowest BCUT2D eigenvalue weighted by Gasteiger charge is -2.33. The molecule has 8 nitrogen and oxygen atoms in total. The number of allylic oxidation sites excluding steroid dienone is 3. The maximum absolute atomic E-state index is 12.9. The van der Waals surface area contributed by atoms with Gasteiger partial charge < -0.3 is 10.2 Å². The van der Waals surface area contributed by atoms with Crippen LogP contribution in [0.2, 0.25) is 0 Å². The summed E-state index contributed by atoms with van der Waals surface area (Å²) in [5, 5.41) is 4.46. The SMILES string of the molecule is CN(C)CCCNc1nc(CN2CCN(S(=O)(=O)CC3=CCC(Cl)C=C3)CC2)nc2ccccc12. The Kier molecular flexibility index (Phi) is 8.77. The topological polar surface area (TPSA) is 81.7 Å². The molecule has 0 saturated carbocycles. The van der Waals surface area contributed by atoms with Crippen molar-refractivity contribution in [3.05, 3.63) is 53.9 Å². The first-order chi connectivity index (χ1) is 16.8. The molecule has 0 spiro atoms. The predicted octanol–water partition coefficient (Wildman–Crippen LogP) is 2.93. The second kappa shape index (κ2) is 11.8. The van der Waals surface area contributed by atoms with Gasteiger partial charge in [-0.25, -0.2) is 18.4 Å². The molecule has 2 aliphatic rings. The predicted molar refractivity (Wildman–Crippen MR) is 143 cm³/mol. The summed E-state index contributed by atoms with van der Waals surface area (Å²) >= 11 is 6.06. The van der Waals surface area contributed by atoms with Gasteiger partial charge in [0.15, 0.2) is 0 Å². The fourth-order valence-corrected chi connectivity index (χ4v) is 6.04. The fourth-order valence-electron chi connectivity index (χ4n) is 4.35. The van der Waals surface area contributed by atoms with E-state index in [-0.39, 0.29) is 11.1 Å². The molecule has 1 atom stereocenters. The van der Waals surface area contributed by atoms with Gasteiger partial charge in [0.2, 0.25) is 10.0 Å². The molecule has 2 aromatic rings. The molecule has 0 radical (unpaired) electrons. The van der Waals surface area contributed by atoms with Crippen LogP contribution < -0.4 is 5.32 Å². The molecule has 0 amide bonds. The molecule has 190 valence electrons. The molecular weight excluding hydrogens is 484 g/mol. The number of nitrogens with zero attached hydrogens (tertiary/aromatic N) is 5. The van der Waals surface area contributed by atoms with Crippen molar-refractivity contribution in [1.29, 1.82) is 0 Å². The summed E-state index contributed by atoms with van der Waals surface area (Å²) in [7, 11) is 0.793. The molecule has 1 aromatic carbocycles. The highest BCUT2D eigenvalue weighted by molar-refractivity contribution is 7.89. The van der Waals surface area contributed by atoms with Gasteiger partial charge in [-0.05, 0) is 51.2 Å². The zero-order valence-electron chi connectivity index (χ0n) is 20.5. The third-order valence-electron chi connectivity index (χ3n) is 6.29. The lowest BCUT2D eigenvalue weighted by molar-refractivity contribution is 0.178. The van der Waals surface area contributed by atoms with Crippen molar-refractivity contribution in [1.82, 2.24) is 24.1 Å². The summed E-state index contributed by atoms with van der Waals surface area (Å²) in [5.74, 6) is 1.64. The number of rotatable bonds is 10. The average molecular weight is 519 g/mol. The van der Waals surface area contributed by atoms with E-state index in [2.05, 4.69) is 29.2 Å². The highest BCUT2D eigenvalue weighted by atomic mass is 35.5. The number of hydrogen-bond acceptors (Lipinski definition) is 7. The quantitative estimate of drug-likeness (QED) is 0.382. The Morgan fingerprint density at radius 1 is 1.14 bits per heavy atom. The van der Waals surface area contributed by atoms with Crippen molar-refractivity contribution in [3.63, 3.8) is 0 Å². The van der Waals surface area contributed by atoms with Crippen LogP contribution in [0.3, 0.4) is 0 Å². The number of aromatic nitrogens is 2. The molecule has 1 aliphatic carbocycles. The lowest BCUT2D eigenvalue weighted by Crippen LogP contribution is -2.49. The highest BCUT2D eigenvalue weighted by Crippen LogP contribution is 2.22. The maximum atomic E-state index is 12.9. The van der Waals surface area contributed by atoms with E-state index >= 15 is 0 Å². The highest BCUT2D eigenvalue weighted by Gasteiger charge is 2.28. The zero-order chi connectivity index (χ0) is 24.8. The van der Waals surface area contributed by atoms with Gasteiger partial charge in [-0.1, -0.05) is 30.4 Å². The first-order valence-corrected chi connectivity index (χ1v) is 14.2. The standard InChI is InChI=1S/C25H35ClN6O2S/c1-30(2)13-5-12-27-25-22-6-3-4-7-23(22)28-24(29-25)18-31-14-16-32(17-15-31)35(33,34)19-20-8-10-21(26)11-9-20/h3-4,6-10,21H,5,11-19H2,1-2H3,(H,27,28,29). The smallest absolute Gasteiger partial charge is 0.218 e. The number of piperazine rings is 1. The summed E-state index contributed by atoms with van der Waals surface area (Å²) in [6.07, 6.45) is 7.32. The summed E-state index contributed by atoms with van der Waals surface area (Å²) in [4.78, 5) is 14.0. The maximum Gasteiger partial charge on any atom is 0.218 e. The number of benzene rings is 1. The number of hydrogen-bond donors (Lipinski definition) is 1. The molecule has 35 heavy (non-hydrogen) atoms. The van der Waals surface area contributed by atoms with Gasteiger partial charge in [-0.3, -0.25) is 4.90 Å². The van der Waals surface area contributed by atoms with Crippen LogP contribution >= 0.6 is 11.6 Å². The van der Waals surface area contributed by atoms with Gasteiger partial charge in [0.1, 0.15) is 11.6 Å². The first-order valence-electron chi connectivity index (χ1n) is 12.2. The summed E-state index contributed by atoms with van der Waals surface area (Å²) in [5.41, 5.74) is 1.74. The van der Waals surface area contributed by atoms with E-state index in [1.54, 1.807) is 4.31 Å². The minimum Gasteiger partial charge on any atom is -0.369 e. The lowest BCUT2D eigenvalue weighted by atomic mass is 10.1. The number of sulfonamides is 1. The Hall–Kier alpha value is -2.04. The Bertz CT molecular complexity index is 1180. The number of halogens is 1. The second-order valence-electron chi connectivity index (χ2n) is 9.41. The monoisotopic (exact) mass is 518 g/mol. The molecule has 2 heterocycles. The number of para-hydroxylation sites is 1. The molecule has 1 aliphatic heterocycles. The molecule has 1 fully saturated rings. The molecule has 1 unspecified atom stereocenters. The molecular formula is C25H35ClN6O2S. The van der Waals surface area contributed by atoms with Gasteiger partial charge in [-0.15, -0.1) is 11.6 Å². The Morgan fingerprint density at radius 3 is 2.63 bits per heavy atom. The van der Waals surface area contributed by atoms with Crippen LogP contribution in [0.5, 0.6) is 0 Å². The van der Waals surface area contributed by atoms with E-state index in [1.807, 2.05) is 42.5 Å². The molecule has 10 heteroatoms. The van der Waals surface area contributed by atoms with E-state index in [0.29, 0.717) is 39.1 Å². The van der Waals surface area contributed by atoms with Crippen LogP contribution in [0.4, 0.5) is 5.82 Å². The van der Waals surface area contributed by atoms with Crippen LogP contribution in [0.1, 0.15) is 18.7 Å². The average Bonchev–Trinajstić information content (AvgIpc) is 2.83. The fraction of sp³-hybridized carbons (Fsp3) is 0.520. The number of fused-ring (bicyclic) bond motifs is 1. The summed E-state index contributed by atoms with van der Waals surface area (Å²) < 4.78 is 27.4. The van der Waals surface area contributed by atoms with Gasteiger partial charge in [0, 0.05) is 38.1 Å². The molecule has 0 bridgehead atoms. The molecule has 1 aromatic heterocycles. The molecule has 4 rings (SSSR count). The minimum atomic E-state index is -3.35. The van der Waals surface area contributed by atoms with Crippen molar-refractivity contribution in [3.8, 4) is 0 Å². The van der Waals surface area contributed by atoms with Crippen LogP contribution in [-0.2, 0) is 16.6 Å². The van der Waals surface area contributed by atoms with Crippen molar-refractivity contribution < 1.29 is 8.42 Å². The van der Waals surface area contributed by atoms with Crippen molar-refractivity contribution in [2.24, 2.45) is 0 Å². The summed E-state index contributed by atoms with van der Waals surface area (Å²) in [6, 6.07) is 8.05. The van der Waals surface area contributed by atoms with Crippen LogP contribution in [0, 0.1) is 0 Å². The second-order valence-corrected chi connectivity index (χ2v) is 11.9. The largest absolute Gasteiger partial charge is 0.369 e.